The first-order valence-electron chi connectivity index (χ1n) is 2.45. The van der Waals surface area contributed by atoms with Gasteiger partial charge in [-0.1, -0.05) is 0 Å². The molecule has 1 heterocycles. The van der Waals surface area contributed by atoms with E-state index in [1.807, 2.05) is 6.92 Å². The van der Waals surface area contributed by atoms with Gasteiger partial charge < -0.3 is 5.73 Å². The summed E-state index contributed by atoms with van der Waals surface area (Å²) in [5.41, 5.74) is 6.87. The lowest BCUT2D eigenvalue weighted by atomic mass is 10.4. The first-order chi connectivity index (χ1) is 4.20. The predicted octanol–water partition coefficient (Wildman–Crippen LogP) is 1.13. The van der Waals surface area contributed by atoms with Crippen molar-refractivity contribution in [1.29, 1.82) is 0 Å². The maximum Gasteiger partial charge on any atom is 0.196 e. The Labute approximate surface area is 61.4 Å². The van der Waals surface area contributed by atoms with Crippen molar-refractivity contribution in [2.75, 3.05) is 5.73 Å². The molecular formula is C5H6BrN3. The summed E-state index contributed by atoms with van der Waals surface area (Å²) in [6, 6.07) is 0. The Hall–Kier alpha value is -0.640. The van der Waals surface area contributed by atoms with E-state index in [1.165, 1.54) is 0 Å². The summed E-state index contributed by atoms with van der Waals surface area (Å²) in [5, 5.41) is 0. The predicted molar refractivity (Wildman–Crippen MR) is 38.9 cm³/mol. The maximum absolute atomic E-state index is 5.44. The Morgan fingerprint density at radius 3 is 2.78 bits per heavy atom. The highest BCUT2D eigenvalue weighted by molar-refractivity contribution is 9.10. The Balaban J connectivity index is 3.17. The second kappa shape index (κ2) is 2.31. The summed E-state index contributed by atoms with van der Waals surface area (Å²) in [4.78, 5) is 7.77. The summed E-state index contributed by atoms with van der Waals surface area (Å²) >= 11 is 3.12. The Morgan fingerprint density at radius 1 is 1.67 bits per heavy atom. The van der Waals surface area contributed by atoms with Gasteiger partial charge in [0, 0.05) is 0 Å². The molecule has 0 spiro atoms. The Bertz CT molecular complexity index is 223. The average molecular weight is 188 g/mol. The van der Waals surface area contributed by atoms with Gasteiger partial charge in [0.15, 0.2) is 4.73 Å². The van der Waals surface area contributed by atoms with Crippen LogP contribution in [0.3, 0.4) is 0 Å². The monoisotopic (exact) mass is 187 g/mol. The van der Waals surface area contributed by atoms with Gasteiger partial charge in [-0.15, -0.1) is 0 Å². The first kappa shape index (κ1) is 6.48. The topological polar surface area (TPSA) is 51.8 Å². The van der Waals surface area contributed by atoms with Gasteiger partial charge >= 0.3 is 0 Å². The van der Waals surface area contributed by atoms with E-state index in [0.29, 0.717) is 10.4 Å². The quantitative estimate of drug-likeness (QED) is 0.620. The van der Waals surface area contributed by atoms with Gasteiger partial charge in [-0.3, -0.25) is 0 Å². The fraction of sp³-hybridized carbons (Fsp3) is 0.200. The molecule has 0 amide bonds. The van der Waals surface area contributed by atoms with Crippen molar-refractivity contribution in [3.8, 4) is 0 Å². The molecule has 0 fully saturated rings. The number of anilines is 1. The molecule has 0 atom stereocenters. The van der Waals surface area contributed by atoms with Crippen LogP contribution in [0, 0.1) is 6.92 Å². The summed E-state index contributed by atoms with van der Waals surface area (Å²) in [7, 11) is 0. The zero-order valence-electron chi connectivity index (χ0n) is 4.93. The second-order valence-corrected chi connectivity index (χ2v) is 2.39. The number of aromatic nitrogens is 2. The van der Waals surface area contributed by atoms with Crippen LogP contribution in [0.4, 0.5) is 5.69 Å². The van der Waals surface area contributed by atoms with E-state index in [0.717, 1.165) is 5.69 Å². The third kappa shape index (κ3) is 1.38. The van der Waals surface area contributed by atoms with E-state index in [-0.39, 0.29) is 0 Å². The smallest absolute Gasteiger partial charge is 0.196 e. The Morgan fingerprint density at radius 2 is 2.33 bits per heavy atom. The summed E-state index contributed by atoms with van der Waals surface area (Å²) in [6.45, 7) is 1.84. The zero-order valence-corrected chi connectivity index (χ0v) is 6.51. The van der Waals surface area contributed by atoms with Crippen LogP contribution in [0.25, 0.3) is 0 Å². The normalized spacial score (nSPS) is 9.56. The zero-order chi connectivity index (χ0) is 6.85. The van der Waals surface area contributed by atoms with Crippen LogP contribution in [-0.2, 0) is 0 Å². The molecule has 0 saturated carbocycles. The van der Waals surface area contributed by atoms with Crippen molar-refractivity contribution in [1.82, 2.24) is 9.97 Å². The van der Waals surface area contributed by atoms with Crippen LogP contribution in [0.5, 0.6) is 0 Å². The van der Waals surface area contributed by atoms with E-state index in [1.54, 1.807) is 6.20 Å². The number of nitrogens with zero attached hydrogens (tertiary/aromatic N) is 2. The van der Waals surface area contributed by atoms with E-state index >= 15 is 0 Å². The molecule has 3 nitrogen and oxygen atoms in total. The van der Waals surface area contributed by atoms with E-state index in [2.05, 4.69) is 25.9 Å². The molecule has 1 aromatic heterocycles. The van der Waals surface area contributed by atoms with Gasteiger partial charge in [-0.2, -0.15) is 0 Å². The average Bonchev–Trinajstić information content (AvgIpc) is 1.80. The molecule has 0 unspecified atom stereocenters. The minimum Gasteiger partial charge on any atom is -0.396 e. The number of nitrogens with two attached hydrogens (primary N) is 1. The molecule has 0 bridgehead atoms. The first-order valence-corrected chi connectivity index (χ1v) is 3.24. The molecule has 48 valence electrons. The lowest BCUT2D eigenvalue weighted by Crippen LogP contribution is -1.94. The molecule has 1 rings (SSSR count). The maximum atomic E-state index is 5.44. The molecule has 0 aliphatic carbocycles. The van der Waals surface area contributed by atoms with Crippen molar-refractivity contribution in [3.05, 3.63) is 16.6 Å². The second-order valence-electron chi connectivity index (χ2n) is 1.68. The molecule has 0 saturated heterocycles. The third-order valence-electron chi connectivity index (χ3n) is 0.988. The molecule has 0 aliphatic heterocycles. The van der Waals surface area contributed by atoms with Crippen molar-refractivity contribution < 1.29 is 0 Å². The summed E-state index contributed by atoms with van der Waals surface area (Å²) < 4.78 is 0.578. The number of halogens is 1. The number of nitrogen functional groups attached to an aromatic ring is 1. The molecular weight excluding hydrogens is 182 g/mol. The number of rotatable bonds is 0. The number of aryl methyl sites for hydroxylation is 1. The standard InChI is InChI=1S/C5H6BrN3/c1-3-4(7)2-8-5(6)9-3/h2H,7H2,1H3. The molecule has 4 heteroatoms. The van der Waals surface area contributed by atoms with Crippen LogP contribution in [-0.4, -0.2) is 9.97 Å². The van der Waals surface area contributed by atoms with E-state index in [9.17, 15) is 0 Å². The van der Waals surface area contributed by atoms with E-state index in [4.69, 9.17) is 5.73 Å². The van der Waals surface area contributed by atoms with Crippen molar-refractivity contribution in [3.63, 3.8) is 0 Å². The molecule has 9 heavy (non-hydrogen) atoms. The van der Waals surface area contributed by atoms with Crippen LogP contribution in [0.2, 0.25) is 0 Å². The summed E-state index contributed by atoms with van der Waals surface area (Å²) in [6.07, 6.45) is 1.58. The third-order valence-corrected chi connectivity index (χ3v) is 1.37. The minimum absolute atomic E-state index is 0.578. The molecule has 1 aromatic rings. The van der Waals surface area contributed by atoms with Gasteiger partial charge in [-0.05, 0) is 22.9 Å². The van der Waals surface area contributed by atoms with E-state index < -0.39 is 0 Å². The van der Waals surface area contributed by atoms with Gasteiger partial charge in [0.2, 0.25) is 0 Å². The SMILES string of the molecule is Cc1nc(Br)ncc1N. The number of hydrogen-bond donors (Lipinski definition) is 1. The lowest BCUT2D eigenvalue weighted by Gasteiger charge is -1.95. The van der Waals surface area contributed by atoms with Crippen LogP contribution >= 0.6 is 15.9 Å². The van der Waals surface area contributed by atoms with Crippen LogP contribution in [0.1, 0.15) is 5.69 Å². The fourth-order valence-corrected chi connectivity index (χ4v) is 0.816. The summed E-state index contributed by atoms with van der Waals surface area (Å²) in [5.74, 6) is 0. The Kier molecular flexibility index (Phi) is 1.66. The van der Waals surface area contributed by atoms with Crippen molar-refractivity contribution in [2.45, 2.75) is 6.92 Å². The molecule has 2 N–H and O–H groups in total. The number of hydrogen-bond acceptors (Lipinski definition) is 3. The highest BCUT2D eigenvalue weighted by Crippen LogP contribution is 2.07. The lowest BCUT2D eigenvalue weighted by molar-refractivity contribution is 1.06. The van der Waals surface area contributed by atoms with Crippen molar-refractivity contribution >= 4 is 21.6 Å². The van der Waals surface area contributed by atoms with Gasteiger partial charge in [0.1, 0.15) is 0 Å². The van der Waals surface area contributed by atoms with Gasteiger partial charge in [-0.25, -0.2) is 9.97 Å². The fourth-order valence-electron chi connectivity index (χ4n) is 0.448. The minimum atomic E-state index is 0.578. The van der Waals surface area contributed by atoms with Gasteiger partial charge in [0.05, 0.1) is 17.6 Å². The highest BCUT2D eigenvalue weighted by Gasteiger charge is 1.94. The molecule has 0 radical (unpaired) electrons. The van der Waals surface area contributed by atoms with Crippen LogP contribution in [0.15, 0.2) is 10.9 Å². The molecule has 0 aliphatic rings. The van der Waals surface area contributed by atoms with Crippen LogP contribution < -0.4 is 5.73 Å². The highest BCUT2D eigenvalue weighted by atomic mass is 79.9. The van der Waals surface area contributed by atoms with Crippen molar-refractivity contribution in [2.24, 2.45) is 0 Å². The van der Waals surface area contributed by atoms with Gasteiger partial charge in [0.25, 0.3) is 0 Å². The molecule has 0 aromatic carbocycles. The largest absolute Gasteiger partial charge is 0.396 e.